The van der Waals surface area contributed by atoms with Crippen LogP contribution in [0.2, 0.25) is 0 Å². The average molecular weight is 339 g/mol. The molecule has 1 aliphatic rings. The van der Waals surface area contributed by atoms with E-state index in [4.69, 9.17) is 0 Å². The summed E-state index contributed by atoms with van der Waals surface area (Å²) in [6.45, 7) is 0. The fraction of sp³-hybridized carbons (Fsp3) is 0.429. The zero-order valence-corrected chi connectivity index (χ0v) is 13.8. The molecule has 1 amide bonds. The van der Waals surface area contributed by atoms with E-state index in [2.05, 4.69) is 10.5 Å². The Labute approximate surface area is 132 Å². The molecule has 6 nitrogen and oxygen atoms in total. The molecular formula is C14H17N3O3S2. The lowest BCUT2D eigenvalue weighted by Crippen LogP contribution is -2.25. The van der Waals surface area contributed by atoms with Gasteiger partial charge in [-0.3, -0.25) is 4.79 Å². The number of hydrogen-bond donors (Lipinski definition) is 1. The van der Waals surface area contributed by atoms with E-state index in [0.717, 1.165) is 10.2 Å². The van der Waals surface area contributed by atoms with E-state index < -0.39 is 9.84 Å². The van der Waals surface area contributed by atoms with Crippen molar-refractivity contribution in [3.63, 3.8) is 0 Å². The molecule has 0 radical (unpaired) electrons. The number of carbonyl (C=O) groups excluding carboxylic acids is 1. The van der Waals surface area contributed by atoms with Gasteiger partial charge in [-0.05, 0) is 24.5 Å². The van der Waals surface area contributed by atoms with E-state index >= 15 is 0 Å². The number of rotatable bonds is 3. The van der Waals surface area contributed by atoms with Crippen molar-refractivity contribution < 1.29 is 13.2 Å². The lowest BCUT2D eigenvalue weighted by atomic mass is 10.1. The molecule has 1 aromatic heterocycles. The molecule has 0 saturated carbocycles. The SMILES string of the molecule is Cn1/c(=N\NC(=O)CC2CCS(=O)(=O)C2)sc2ccccc21. The lowest BCUT2D eigenvalue weighted by molar-refractivity contribution is -0.121. The molecule has 8 heteroatoms. The molecule has 0 aliphatic carbocycles. The van der Waals surface area contributed by atoms with Crippen LogP contribution < -0.4 is 10.2 Å². The predicted molar refractivity (Wildman–Crippen MR) is 85.9 cm³/mol. The first-order valence-electron chi connectivity index (χ1n) is 7.02. The highest BCUT2D eigenvalue weighted by molar-refractivity contribution is 7.91. The van der Waals surface area contributed by atoms with Gasteiger partial charge in [0.15, 0.2) is 9.84 Å². The number of hydrogen-bond acceptors (Lipinski definition) is 5. The molecule has 3 rings (SSSR count). The molecule has 0 spiro atoms. The van der Waals surface area contributed by atoms with Gasteiger partial charge < -0.3 is 4.57 Å². The number of nitrogens with zero attached hydrogens (tertiary/aromatic N) is 2. The standard InChI is InChI=1S/C14H17N3O3S2/c1-17-11-4-2-3-5-12(11)21-14(17)16-15-13(18)8-10-6-7-22(19,20)9-10/h2-5,10H,6-9H2,1H3,(H,15,18)/b16-14+. The fourth-order valence-electron chi connectivity index (χ4n) is 2.64. The van der Waals surface area contributed by atoms with Crippen molar-refractivity contribution in [2.75, 3.05) is 11.5 Å². The van der Waals surface area contributed by atoms with Crippen LogP contribution in [0.5, 0.6) is 0 Å². The van der Waals surface area contributed by atoms with Gasteiger partial charge in [-0.1, -0.05) is 23.5 Å². The molecule has 2 aromatic rings. The van der Waals surface area contributed by atoms with Crippen molar-refractivity contribution in [2.24, 2.45) is 18.1 Å². The molecule has 118 valence electrons. The summed E-state index contributed by atoms with van der Waals surface area (Å²) in [5.74, 6) is -0.0271. The van der Waals surface area contributed by atoms with Gasteiger partial charge in [0.2, 0.25) is 10.7 Å². The minimum absolute atomic E-state index is 0.0867. The summed E-state index contributed by atoms with van der Waals surface area (Å²) in [6.07, 6.45) is 0.768. The summed E-state index contributed by atoms with van der Waals surface area (Å²) in [6, 6.07) is 7.92. The molecule has 1 aliphatic heterocycles. The highest BCUT2D eigenvalue weighted by Crippen LogP contribution is 2.21. The third kappa shape index (κ3) is 3.22. The molecule has 1 atom stereocenters. The predicted octanol–water partition coefficient (Wildman–Crippen LogP) is 0.996. The van der Waals surface area contributed by atoms with Gasteiger partial charge in [0.25, 0.3) is 0 Å². The number of sulfone groups is 1. The number of para-hydroxylation sites is 1. The summed E-state index contributed by atoms with van der Waals surface area (Å²) >= 11 is 1.49. The Kier molecular flexibility index (Phi) is 4.05. The summed E-state index contributed by atoms with van der Waals surface area (Å²) in [5.41, 5.74) is 3.59. The highest BCUT2D eigenvalue weighted by Gasteiger charge is 2.29. The van der Waals surface area contributed by atoms with Crippen LogP contribution in [0.15, 0.2) is 29.4 Å². The van der Waals surface area contributed by atoms with Crippen LogP contribution in [0, 0.1) is 5.92 Å². The van der Waals surface area contributed by atoms with E-state index in [1.807, 2.05) is 35.9 Å². The molecule has 22 heavy (non-hydrogen) atoms. The topological polar surface area (TPSA) is 80.5 Å². The Morgan fingerprint density at radius 3 is 2.91 bits per heavy atom. The number of benzene rings is 1. The van der Waals surface area contributed by atoms with E-state index in [9.17, 15) is 13.2 Å². The first-order chi connectivity index (χ1) is 10.4. The van der Waals surface area contributed by atoms with Crippen LogP contribution in [-0.4, -0.2) is 30.4 Å². The second kappa shape index (κ2) is 5.85. The summed E-state index contributed by atoms with van der Waals surface area (Å²) in [5, 5.41) is 4.15. The zero-order valence-electron chi connectivity index (χ0n) is 12.2. The first-order valence-corrected chi connectivity index (χ1v) is 9.66. The van der Waals surface area contributed by atoms with Crippen LogP contribution in [0.3, 0.4) is 0 Å². The van der Waals surface area contributed by atoms with E-state index in [0.29, 0.717) is 11.2 Å². The van der Waals surface area contributed by atoms with Gasteiger partial charge in [-0.25, -0.2) is 13.8 Å². The minimum atomic E-state index is -2.94. The Hall–Kier alpha value is -1.67. The third-order valence-corrected chi connectivity index (χ3v) is 6.74. The number of aryl methyl sites for hydroxylation is 1. The molecule has 1 N–H and O–H groups in total. The van der Waals surface area contributed by atoms with Crippen molar-refractivity contribution in [2.45, 2.75) is 12.8 Å². The van der Waals surface area contributed by atoms with Crippen LogP contribution >= 0.6 is 11.3 Å². The van der Waals surface area contributed by atoms with Crippen molar-refractivity contribution in [1.82, 2.24) is 9.99 Å². The molecular weight excluding hydrogens is 322 g/mol. The lowest BCUT2D eigenvalue weighted by Gasteiger charge is -2.05. The molecule has 0 bridgehead atoms. The van der Waals surface area contributed by atoms with Crippen molar-refractivity contribution in [3.05, 3.63) is 29.1 Å². The van der Waals surface area contributed by atoms with Crippen molar-refractivity contribution in [1.29, 1.82) is 0 Å². The molecule has 1 unspecified atom stereocenters. The Morgan fingerprint density at radius 1 is 1.45 bits per heavy atom. The third-order valence-electron chi connectivity index (χ3n) is 3.79. The zero-order chi connectivity index (χ0) is 15.7. The van der Waals surface area contributed by atoms with Crippen LogP contribution in [0.4, 0.5) is 0 Å². The second-order valence-electron chi connectivity index (χ2n) is 5.53. The number of carbonyl (C=O) groups is 1. The molecule has 1 aromatic carbocycles. The van der Waals surface area contributed by atoms with Gasteiger partial charge >= 0.3 is 0 Å². The quantitative estimate of drug-likeness (QED) is 0.847. The number of amides is 1. The minimum Gasteiger partial charge on any atom is -0.318 e. The smallest absolute Gasteiger partial charge is 0.240 e. The van der Waals surface area contributed by atoms with Crippen molar-refractivity contribution >= 4 is 37.3 Å². The summed E-state index contributed by atoms with van der Waals surface area (Å²) in [7, 11) is -1.05. The summed E-state index contributed by atoms with van der Waals surface area (Å²) in [4.78, 5) is 12.6. The average Bonchev–Trinajstić information content (AvgIpc) is 2.97. The first kappa shape index (κ1) is 15.2. The van der Waals surface area contributed by atoms with Crippen molar-refractivity contribution in [3.8, 4) is 0 Å². The number of aromatic nitrogens is 1. The van der Waals surface area contributed by atoms with Gasteiger partial charge in [0.1, 0.15) is 0 Å². The van der Waals surface area contributed by atoms with Crippen LogP contribution in [0.1, 0.15) is 12.8 Å². The summed E-state index contributed by atoms with van der Waals surface area (Å²) < 4.78 is 25.8. The van der Waals surface area contributed by atoms with E-state index in [1.165, 1.54) is 11.3 Å². The van der Waals surface area contributed by atoms with Crippen LogP contribution in [0.25, 0.3) is 10.2 Å². The Balaban J connectivity index is 1.70. The normalized spacial score (nSPS) is 21.3. The Bertz CT molecular complexity index is 880. The van der Waals surface area contributed by atoms with Gasteiger partial charge in [-0.2, -0.15) is 0 Å². The van der Waals surface area contributed by atoms with Gasteiger partial charge in [-0.15, -0.1) is 5.10 Å². The molecule has 1 fully saturated rings. The fourth-order valence-corrected chi connectivity index (χ4v) is 5.48. The number of fused-ring (bicyclic) bond motifs is 1. The van der Waals surface area contributed by atoms with Gasteiger partial charge in [0, 0.05) is 13.5 Å². The largest absolute Gasteiger partial charge is 0.318 e. The maximum atomic E-state index is 11.9. The second-order valence-corrected chi connectivity index (χ2v) is 8.77. The van der Waals surface area contributed by atoms with Crippen LogP contribution in [-0.2, 0) is 21.7 Å². The number of thiazole rings is 1. The molecule has 2 heterocycles. The van der Waals surface area contributed by atoms with E-state index in [-0.39, 0.29) is 29.8 Å². The van der Waals surface area contributed by atoms with Gasteiger partial charge in [0.05, 0.1) is 21.7 Å². The highest BCUT2D eigenvalue weighted by atomic mass is 32.2. The Morgan fingerprint density at radius 2 is 2.23 bits per heavy atom. The number of nitrogens with one attached hydrogen (secondary N) is 1. The molecule has 1 saturated heterocycles. The monoisotopic (exact) mass is 339 g/mol. The maximum absolute atomic E-state index is 11.9. The maximum Gasteiger partial charge on any atom is 0.240 e. The van der Waals surface area contributed by atoms with E-state index in [1.54, 1.807) is 0 Å².